The van der Waals surface area contributed by atoms with Crippen molar-refractivity contribution >= 4 is 11.8 Å². The number of aryl methyl sites for hydroxylation is 1. The van der Waals surface area contributed by atoms with Crippen LogP contribution >= 0.6 is 0 Å². The van der Waals surface area contributed by atoms with Crippen molar-refractivity contribution in [3.63, 3.8) is 0 Å². The van der Waals surface area contributed by atoms with Gasteiger partial charge in [-0.05, 0) is 60.1 Å². The fraction of sp³-hybridized carbons (Fsp3) is 0.545. The van der Waals surface area contributed by atoms with E-state index in [2.05, 4.69) is 29.7 Å². The second-order valence-electron chi connectivity index (χ2n) is 10.6. The number of methoxy groups -OCH3 is 1. The molecule has 0 bridgehead atoms. The number of nitriles is 1. The third-order valence-electron chi connectivity index (χ3n) is 7.20. The predicted molar refractivity (Wildman–Crippen MR) is 164 cm³/mol. The quantitative estimate of drug-likeness (QED) is 0.198. The van der Waals surface area contributed by atoms with Crippen molar-refractivity contribution < 1.29 is 23.8 Å². The molecule has 0 radical (unpaired) electrons. The average molecular weight is 581 g/mol. The van der Waals surface area contributed by atoms with Crippen LogP contribution in [-0.4, -0.2) is 50.8 Å². The maximum atomic E-state index is 12.9. The monoisotopic (exact) mass is 580 g/mol. The predicted octanol–water partition coefficient (Wildman–Crippen LogP) is 4.40. The number of benzene rings is 2. The van der Waals surface area contributed by atoms with E-state index < -0.39 is 6.04 Å². The lowest BCUT2D eigenvalue weighted by Gasteiger charge is -2.24. The molecular weight excluding hydrogens is 532 g/mol. The topological polar surface area (TPSA) is 136 Å². The SMILES string of the molecule is CCc1ccc(COCC(N)CCCC(=O)NC(C(=O)NCc2ccc(C#N)cc2)[C@@H](C)CC)cc1OCCCOC. The van der Waals surface area contributed by atoms with Crippen LogP contribution in [0.4, 0.5) is 0 Å². The molecule has 3 atom stereocenters. The molecule has 0 aliphatic heterocycles. The molecule has 9 nitrogen and oxygen atoms in total. The molecule has 0 aliphatic rings. The van der Waals surface area contributed by atoms with Crippen molar-refractivity contribution in [2.75, 3.05) is 26.9 Å². The molecule has 0 fully saturated rings. The lowest BCUT2D eigenvalue weighted by molar-refractivity contribution is -0.130. The van der Waals surface area contributed by atoms with Gasteiger partial charge in [0, 0.05) is 39.1 Å². The number of nitrogens with two attached hydrogens (primary N) is 1. The maximum Gasteiger partial charge on any atom is 0.243 e. The van der Waals surface area contributed by atoms with Gasteiger partial charge in [0.15, 0.2) is 0 Å². The summed E-state index contributed by atoms with van der Waals surface area (Å²) in [4.78, 5) is 25.6. The second kappa shape index (κ2) is 19.6. The second-order valence-corrected chi connectivity index (χ2v) is 10.6. The molecule has 2 amide bonds. The van der Waals surface area contributed by atoms with Crippen molar-refractivity contribution in [1.29, 1.82) is 5.26 Å². The first-order chi connectivity index (χ1) is 20.3. The van der Waals surface area contributed by atoms with Crippen molar-refractivity contribution in [3.8, 4) is 11.8 Å². The Morgan fingerprint density at radius 1 is 1.05 bits per heavy atom. The molecule has 0 saturated heterocycles. The molecule has 2 aromatic carbocycles. The van der Waals surface area contributed by atoms with E-state index in [9.17, 15) is 9.59 Å². The van der Waals surface area contributed by atoms with Crippen LogP contribution < -0.4 is 21.1 Å². The summed E-state index contributed by atoms with van der Waals surface area (Å²) in [6, 6.07) is 14.5. The zero-order valence-corrected chi connectivity index (χ0v) is 25.6. The van der Waals surface area contributed by atoms with E-state index in [1.165, 1.54) is 0 Å². The van der Waals surface area contributed by atoms with E-state index in [4.69, 9.17) is 25.2 Å². The van der Waals surface area contributed by atoms with Gasteiger partial charge in [0.25, 0.3) is 0 Å². The molecule has 0 saturated carbocycles. The molecule has 9 heteroatoms. The Bertz CT molecular complexity index is 1130. The van der Waals surface area contributed by atoms with Crippen LogP contribution in [0.2, 0.25) is 0 Å². The smallest absolute Gasteiger partial charge is 0.243 e. The molecule has 0 heterocycles. The lowest BCUT2D eigenvalue weighted by atomic mass is 9.97. The number of rotatable bonds is 20. The third kappa shape index (κ3) is 12.6. The molecule has 2 rings (SSSR count). The standard InChI is InChI=1S/C33H48N4O5/c1-5-24(3)32(33(39)36-21-26-13-11-25(20-34)12-14-26)37-31(38)10-7-9-29(35)23-41-22-27-15-16-28(6-2)30(19-27)42-18-8-17-40-4/h11-16,19,24,29,32H,5-10,17-18,21-23,35H2,1-4H3,(H,36,39)(H,37,38)/t24-,29?,32?/m0/s1. The minimum Gasteiger partial charge on any atom is -0.493 e. The van der Waals surface area contributed by atoms with Gasteiger partial charge in [0.2, 0.25) is 11.8 Å². The number of nitrogens with zero attached hydrogens (tertiary/aromatic N) is 1. The van der Waals surface area contributed by atoms with Gasteiger partial charge in [-0.15, -0.1) is 0 Å². The Labute approximate surface area is 251 Å². The molecule has 230 valence electrons. The molecule has 4 N–H and O–H groups in total. The summed E-state index contributed by atoms with van der Waals surface area (Å²) >= 11 is 0. The number of carbonyl (C=O) groups excluding carboxylic acids is 2. The van der Waals surface area contributed by atoms with Gasteiger partial charge in [-0.2, -0.15) is 5.26 Å². The molecule has 0 aliphatic carbocycles. The number of nitrogens with one attached hydrogen (secondary N) is 2. The minimum atomic E-state index is -0.620. The maximum absolute atomic E-state index is 12.9. The molecular formula is C33H48N4O5. The molecule has 0 aromatic heterocycles. The number of hydrogen-bond donors (Lipinski definition) is 3. The summed E-state index contributed by atoms with van der Waals surface area (Å²) < 4.78 is 16.9. The number of carbonyl (C=O) groups is 2. The number of ether oxygens (including phenoxy) is 3. The van der Waals surface area contributed by atoms with Crippen LogP contribution in [0.3, 0.4) is 0 Å². The summed E-state index contributed by atoms with van der Waals surface area (Å²) in [7, 11) is 1.68. The van der Waals surface area contributed by atoms with E-state index in [0.29, 0.717) is 51.4 Å². The lowest BCUT2D eigenvalue weighted by Crippen LogP contribution is -2.50. The summed E-state index contributed by atoms with van der Waals surface area (Å²) in [5.74, 6) is 0.468. The van der Waals surface area contributed by atoms with Gasteiger partial charge in [0.1, 0.15) is 11.8 Å². The van der Waals surface area contributed by atoms with Crippen molar-refractivity contribution in [3.05, 3.63) is 64.7 Å². The Morgan fingerprint density at radius 2 is 1.79 bits per heavy atom. The Hall–Kier alpha value is -3.45. The summed E-state index contributed by atoms with van der Waals surface area (Å²) in [6.45, 7) is 8.45. The van der Waals surface area contributed by atoms with Gasteiger partial charge in [-0.1, -0.05) is 51.5 Å². The van der Waals surface area contributed by atoms with E-state index in [1.54, 1.807) is 19.2 Å². The van der Waals surface area contributed by atoms with Crippen LogP contribution in [0, 0.1) is 17.2 Å². The molecule has 0 spiro atoms. The van der Waals surface area contributed by atoms with E-state index in [0.717, 1.165) is 41.7 Å². The first-order valence-corrected chi connectivity index (χ1v) is 14.9. The highest BCUT2D eigenvalue weighted by molar-refractivity contribution is 5.87. The minimum absolute atomic E-state index is 0.0202. The van der Waals surface area contributed by atoms with Crippen LogP contribution in [0.25, 0.3) is 0 Å². The van der Waals surface area contributed by atoms with Crippen LogP contribution in [0.5, 0.6) is 5.75 Å². The normalized spacial score (nSPS) is 13.0. The molecule has 42 heavy (non-hydrogen) atoms. The zero-order chi connectivity index (χ0) is 30.7. The Kier molecular flexibility index (Phi) is 16.2. The van der Waals surface area contributed by atoms with Crippen molar-refractivity contribution in [2.24, 2.45) is 11.7 Å². The van der Waals surface area contributed by atoms with Crippen LogP contribution in [-0.2, 0) is 38.6 Å². The molecule has 2 unspecified atom stereocenters. The van der Waals surface area contributed by atoms with Gasteiger partial charge in [-0.25, -0.2) is 0 Å². The summed E-state index contributed by atoms with van der Waals surface area (Å²) in [5.41, 5.74) is 9.88. The third-order valence-corrected chi connectivity index (χ3v) is 7.20. The fourth-order valence-electron chi connectivity index (χ4n) is 4.38. The summed E-state index contributed by atoms with van der Waals surface area (Å²) in [6.07, 6.45) is 3.99. The fourth-order valence-corrected chi connectivity index (χ4v) is 4.38. The highest BCUT2D eigenvalue weighted by Gasteiger charge is 2.25. The largest absolute Gasteiger partial charge is 0.493 e. The van der Waals surface area contributed by atoms with Crippen LogP contribution in [0.15, 0.2) is 42.5 Å². The Morgan fingerprint density at radius 3 is 2.45 bits per heavy atom. The molecule has 2 aromatic rings. The first kappa shape index (κ1) is 34.7. The first-order valence-electron chi connectivity index (χ1n) is 14.9. The van der Waals surface area contributed by atoms with Gasteiger partial charge >= 0.3 is 0 Å². The summed E-state index contributed by atoms with van der Waals surface area (Å²) in [5, 5.41) is 14.8. The average Bonchev–Trinajstić information content (AvgIpc) is 3.00. The zero-order valence-electron chi connectivity index (χ0n) is 25.6. The van der Waals surface area contributed by atoms with E-state index in [-0.39, 0.29) is 30.2 Å². The van der Waals surface area contributed by atoms with E-state index >= 15 is 0 Å². The highest BCUT2D eigenvalue weighted by Crippen LogP contribution is 2.22. The van der Waals surface area contributed by atoms with Gasteiger partial charge in [-0.3, -0.25) is 9.59 Å². The Balaban J connectivity index is 1.74. The van der Waals surface area contributed by atoms with Crippen molar-refractivity contribution in [1.82, 2.24) is 10.6 Å². The van der Waals surface area contributed by atoms with Crippen molar-refractivity contribution in [2.45, 2.75) is 84.5 Å². The van der Waals surface area contributed by atoms with Gasteiger partial charge in [0.05, 0.1) is 31.5 Å². The van der Waals surface area contributed by atoms with Crippen LogP contribution in [0.1, 0.15) is 75.1 Å². The number of hydrogen-bond acceptors (Lipinski definition) is 7. The number of amides is 2. The highest BCUT2D eigenvalue weighted by atomic mass is 16.5. The van der Waals surface area contributed by atoms with E-state index in [1.807, 2.05) is 38.1 Å². The van der Waals surface area contributed by atoms with Gasteiger partial charge < -0.3 is 30.6 Å².